The van der Waals surface area contributed by atoms with Crippen molar-refractivity contribution in [2.24, 2.45) is 0 Å². The highest BCUT2D eigenvalue weighted by Gasteiger charge is 2.35. The van der Waals surface area contributed by atoms with Gasteiger partial charge in [0.1, 0.15) is 0 Å². The molecule has 2 atom stereocenters. The molecule has 0 radical (unpaired) electrons. The summed E-state index contributed by atoms with van der Waals surface area (Å²) in [5, 5.41) is 20.8. The largest absolute Gasteiger partial charge is 0.475 e. The molecule has 5 nitrogen and oxygen atoms in total. The Morgan fingerprint density at radius 1 is 0.404 bits per heavy atom. The average Bonchev–Trinajstić information content (AvgIpc) is 3.46. The predicted octanol–water partition coefficient (Wildman–Crippen LogP) is 14.6. The molecule has 47 heavy (non-hydrogen) atoms. The van der Waals surface area contributed by atoms with Crippen LogP contribution in [0.2, 0.25) is 0 Å². The van der Waals surface area contributed by atoms with E-state index in [0.717, 1.165) is 88.2 Å². The molecule has 274 valence electrons. The molecule has 0 aromatic carbocycles. The molecule has 0 fully saturated rings. The number of hydrogen-bond donors (Lipinski definition) is 2. The first-order chi connectivity index (χ1) is 22.9. The zero-order chi connectivity index (χ0) is 34.5. The molecule has 0 aliphatic heterocycles. The first kappa shape index (κ1) is 43.2. The van der Waals surface area contributed by atoms with Gasteiger partial charge in [0.15, 0.2) is 0 Å². The third kappa shape index (κ3) is 19.1. The van der Waals surface area contributed by atoms with Crippen LogP contribution in [-0.4, -0.2) is 22.2 Å². The lowest BCUT2D eigenvalue weighted by molar-refractivity contribution is 0.0629. The molecule has 1 aromatic rings. The van der Waals surface area contributed by atoms with Gasteiger partial charge in [-0.05, 0) is 37.5 Å². The number of rotatable bonds is 34. The van der Waals surface area contributed by atoms with Crippen LogP contribution in [0.3, 0.4) is 0 Å². The zero-order valence-corrected chi connectivity index (χ0v) is 31.5. The van der Waals surface area contributed by atoms with E-state index in [9.17, 15) is 19.8 Å². The van der Waals surface area contributed by atoms with Crippen molar-refractivity contribution in [3.05, 3.63) is 22.6 Å². The summed E-state index contributed by atoms with van der Waals surface area (Å²) in [6.45, 7) is 8.96. The van der Waals surface area contributed by atoms with Gasteiger partial charge in [-0.2, -0.15) is 0 Å². The minimum absolute atomic E-state index is 0.0378. The van der Waals surface area contributed by atoms with Gasteiger partial charge in [0.25, 0.3) is 0 Å². The summed E-state index contributed by atoms with van der Waals surface area (Å²) in [6, 6.07) is 0. The fourth-order valence-corrected chi connectivity index (χ4v) is 7.49. The van der Waals surface area contributed by atoms with Gasteiger partial charge in [0.05, 0.1) is 0 Å². The van der Waals surface area contributed by atoms with Gasteiger partial charge in [-0.3, -0.25) is 0 Å². The van der Waals surface area contributed by atoms with Gasteiger partial charge in [-0.1, -0.05) is 195 Å². The fraction of sp³-hybridized carbons (Fsp3) is 0.857. The second kappa shape index (κ2) is 29.2. The van der Waals surface area contributed by atoms with Crippen molar-refractivity contribution in [3.63, 3.8) is 0 Å². The first-order valence-electron chi connectivity index (χ1n) is 20.6. The number of hydrogen-bond acceptors (Lipinski definition) is 3. The van der Waals surface area contributed by atoms with Gasteiger partial charge in [-0.15, -0.1) is 0 Å². The number of carboxylic acid groups (broad SMARTS) is 2. The Morgan fingerprint density at radius 2 is 0.617 bits per heavy atom. The highest BCUT2D eigenvalue weighted by molar-refractivity contribution is 5.93. The number of aromatic carboxylic acids is 2. The maximum absolute atomic E-state index is 12.7. The van der Waals surface area contributed by atoms with Crippen LogP contribution in [0.4, 0.5) is 0 Å². The van der Waals surface area contributed by atoms with Crippen LogP contribution < -0.4 is 0 Å². The van der Waals surface area contributed by atoms with Crippen LogP contribution in [0.15, 0.2) is 4.42 Å². The third-order valence-corrected chi connectivity index (χ3v) is 10.3. The van der Waals surface area contributed by atoms with Gasteiger partial charge in [0, 0.05) is 11.1 Å². The van der Waals surface area contributed by atoms with E-state index in [1.165, 1.54) is 116 Å². The Morgan fingerprint density at radius 3 is 0.830 bits per heavy atom. The number of carbonyl (C=O) groups is 2. The molecular formula is C42H76O5. The predicted molar refractivity (Wildman–Crippen MR) is 199 cm³/mol. The Kier molecular flexibility index (Phi) is 26.8. The van der Waals surface area contributed by atoms with Crippen molar-refractivity contribution in [2.75, 3.05) is 0 Å². The van der Waals surface area contributed by atoms with Crippen molar-refractivity contribution in [3.8, 4) is 0 Å². The number of carboxylic acids is 2. The molecule has 0 amide bonds. The highest BCUT2D eigenvalue weighted by Crippen LogP contribution is 2.43. The minimum atomic E-state index is -1.12. The summed E-state index contributed by atoms with van der Waals surface area (Å²) < 4.78 is 5.89. The Hall–Kier alpha value is -1.78. The van der Waals surface area contributed by atoms with Crippen molar-refractivity contribution >= 4 is 11.9 Å². The molecule has 0 aliphatic rings. The summed E-state index contributed by atoms with van der Waals surface area (Å²) in [5.74, 6) is -2.34. The van der Waals surface area contributed by atoms with Crippen LogP contribution in [0.5, 0.6) is 0 Å². The third-order valence-electron chi connectivity index (χ3n) is 10.3. The fourth-order valence-electron chi connectivity index (χ4n) is 7.49. The van der Waals surface area contributed by atoms with E-state index in [1.54, 1.807) is 0 Å². The number of unbranched alkanes of at least 4 members (excludes halogenated alkanes) is 22. The summed E-state index contributed by atoms with van der Waals surface area (Å²) in [6.07, 6.45) is 34.9. The maximum Gasteiger partial charge on any atom is 0.372 e. The molecule has 0 bridgehead atoms. The average molecular weight is 661 g/mol. The van der Waals surface area contributed by atoms with E-state index < -0.39 is 11.9 Å². The summed E-state index contributed by atoms with van der Waals surface area (Å²) in [4.78, 5) is 25.4. The van der Waals surface area contributed by atoms with E-state index in [-0.39, 0.29) is 23.4 Å². The van der Waals surface area contributed by atoms with Crippen LogP contribution in [-0.2, 0) is 0 Å². The highest BCUT2D eigenvalue weighted by atomic mass is 16.4. The van der Waals surface area contributed by atoms with Crippen LogP contribution >= 0.6 is 0 Å². The first-order valence-corrected chi connectivity index (χ1v) is 20.6. The topological polar surface area (TPSA) is 87.7 Å². The molecule has 5 heteroatoms. The monoisotopic (exact) mass is 661 g/mol. The van der Waals surface area contributed by atoms with Gasteiger partial charge < -0.3 is 14.6 Å². The molecular weight excluding hydrogens is 584 g/mol. The normalized spacial score (nSPS) is 12.9. The van der Waals surface area contributed by atoms with Crippen molar-refractivity contribution in [2.45, 2.75) is 232 Å². The molecule has 2 N–H and O–H groups in total. The van der Waals surface area contributed by atoms with Gasteiger partial charge in [-0.25, -0.2) is 9.59 Å². The van der Waals surface area contributed by atoms with E-state index in [1.807, 2.05) is 0 Å². The quantitative estimate of drug-likeness (QED) is 0.0718. The SMILES string of the molecule is CCCCCCCCCC(CCCCCCCC)c1c(C(=O)O)oc(C(=O)O)c1C(CCCCCCCC)CCCCCCCCC. The molecule has 1 heterocycles. The summed E-state index contributed by atoms with van der Waals surface area (Å²) >= 11 is 0. The Bertz CT molecular complexity index is 833. The molecule has 0 spiro atoms. The Balaban J connectivity index is 3.35. The van der Waals surface area contributed by atoms with Crippen LogP contribution in [0, 0.1) is 0 Å². The second-order valence-electron chi connectivity index (χ2n) is 14.5. The molecule has 1 aromatic heterocycles. The zero-order valence-electron chi connectivity index (χ0n) is 31.5. The minimum Gasteiger partial charge on any atom is -0.475 e. The molecule has 0 aliphatic carbocycles. The second-order valence-corrected chi connectivity index (χ2v) is 14.5. The number of furan rings is 1. The van der Waals surface area contributed by atoms with Crippen molar-refractivity contribution in [1.29, 1.82) is 0 Å². The summed E-state index contributed by atoms with van der Waals surface area (Å²) in [7, 11) is 0. The lowest BCUT2D eigenvalue weighted by Crippen LogP contribution is -2.13. The molecule has 2 unspecified atom stereocenters. The molecule has 1 rings (SSSR count). The molecule has 0 saturated heterocycles. The van der Waals surface area contributed by atoms with Crippen molar-refractivity contribution < 1.29 is 24.2 Å². The van der Waals surface area contributed by atoms with Crippen LogP contribution in [0.1, 0.15) is 264 Å². The Labute approximate surface area is 290 Å². The van der Waals surface area contributed by atoms with Gasteiger partial charge in [0.2, 0.25) is 11.5 Å². The van der Waals surface area contributed by atoms with Gasteiger partial charge >= 0.3 is 11.9 Å². The standard InChI is InChI=1S/C42H76O5/c1-5-9-13-17-21-25-29-33-35(31-27-23-19-15-11-7-3)37-38(40(42(45)46)47-39(37)41(43)44)36(32-28-24-20-16-12-8-4)34-30-26-22-18-14-10-6-2/h35-36H,5-34H2,1-4H3,(H,43,44)(H,45,46). The maximum atomic E-state index is 12.7. The molecule has 0 saturated carbocycles. The van der Waals surface area contributed by atoms with Crippen molar-refractivity contribution in [1.82, 2.24) is 0 Å². The van der Waals surface area contributed by atoms with E-state index in [0.29, 0.717) is 0 Å². The van der Waals surface area contributed by atoms with E-state index in [4.69, 9.17) is 4.42 Å². The summed E-state index contributed by atoms with van der Waals surface area (Å²) in [5.41, 5.74) is 1.49. The lowest BCUT2D eigenvalue weighted by Gasteiger charge is -2.24. The van der Waals surface area contributed by atoms with Crippen LogP contribution in [0.25, 0.3) is 0 Å². The lowest BCUT2D eigenvalue weighted by atomic mass is 9.79. The van der Waals surface area contributed by atoms with E-state index in [2.05, 4.69) is 27.7 Å². The van der Waals surface area contributed by atoms with E-state index >= 15 is 0 Å². The smallest absolute Gasteiger partial charge is 0.372 e.